The zero-order valence-corrected chi connectivity index (χ0v) is 14.0. The number of likely N-dealkylation sites (N-methyl/N-ethyl adjacent to an activating group) is 1. The second-order valence-corrected chi connectivity index (χ2v) is 5.61. The summed E-state index contributed by atoms with van der Waals surface area (Å²) in [7, 11) is 0. The number of rotatable bonds is 5. The monoisotopic (exact) mass is 340 g/mol. The maximum Gasteiger partial charge on any atom is 0.264 e. The quantitative estimate of drug-likeness (QED) is 0.694. The van der Waals surface area contributed by atoms with Crippen LogP contribution in [0.15, 0.2) is 60.8 Å². The summed E-state index contributed by atoms with van der Waals surface area (Å²) < 4.78 is 5.73. The highest BCUT2D eigenvalue weighted by Gasteiger charge is 2.15. The van der Waals surface area contributed by atoms with Crippen molar-refractivity contribution in [1.82, 2.24) is 4.98 Å². The molecule has 122 valence electrons. The number of para-hydroxylation sites is 1. The van der Waals surface area contributed by atoms with Crippen LogP contribution in [-0.4, -0.2) is 24.0 Å². The number of hydrogen-bond donors (Lipinski definition) is 0. The minimum Gasteiger partial charge on any atom is -0.481 e. The maximum absolute atomic E-state index is 12.5. The SMILES string of the molecule is CCN(C(=O)COc1ccc(Cl)c2cccnc12)c1ccccc1. The summed E-state index contributed by atoms with van der Waals surface area (Å²) in [6.07, 6.45) is 1.68. The van der Waals surface area contributed by atoms with Gasteiger partial charge in [-0.3, -0.25) is 9.78 Å². The fourth-order valence-corrected chi connectivity index (χ4v) is 2.77. The molecule has 0 unspecified atom stereocenters. The van der Waals surface area contributed by atoms with Gasteiger partial charge in [0.25, 0.3) is 5.91 Å². The van der Waals surface area contributed by atoms with E-state index in [-0.39, 0.29) is 12.5 Å². The highest BCUT2D eigenvalue weighted by atomic mass is 35.5. The number of anilines is 1. The van der Waals surface area contributed by atoms with E-state index in [4.69, 9.17) is 16.3 Å². The van der Waals surface area contributed by atoms with E-state index in [0.717, 1.165) is 11.1 Å². The Hall–Kier alpha value is -2.59. The van der Waals surface area contributed by atoms with Gasteiger partial charge in [-0.25, -0.2) is 0 Å². The molecule has 24 heavy (non-hydrogen) atoms. The largest absolute Gasteiger partial charge is 0.481 e. The molecule has 1 aromatic heterocycles. The number of hydrogen-bond acceptors (Lipinski definition) is 3. The third kappa shape index (κ3) is 3.34. The number of halogens is 1. The van der Waals surface area contributed by atoms with Crippen molar-refractivity contribution in [2.45, 2.75) is 6.92 Å². The molecule has 0 aliphatic carbocycles. The van der Waals surface area contributed by atoms with Crippen LogP contribution in [0.2, 0.25) is 5.02 Å². The lowest BCUT2D eigenvalue weighted by molar-refractivity contribution is -0.120. The van der Waals surface area contributed by atoms with Crippen molar-refractivity contribution in [3.63, 3.8) is 0 Å². The van der Waals surface area contributed by atoms with Gasteiger partial charge < -0.3 is 9.64 Å². The van der Waals surface area contributed by atoms with Gasteiger partial charge in [-0.15, -0.1) is 0 Å². The van der Waals surface area contributed by atoms with Crippen LogP contribution in [0.4, 0.5) is 5.69 Å². The summed E-state index contributed by atoms with van der Waals surface area (Å²) in [5.74, 6) is 0.440. The molecule has 0 radical (unpaired) electrons. The number of ether oxygens (including phenoxy) is 1. The Bertz CT molecular complexity index is 852. The van der Waals surface area contributed by atoms with Crippen molar-refractivity contribution in [1.29, 1.82) is 0 Å². The second-order valence-electron chi connectivity index (χ2n) is 5.21. The Morgan fingerprint density at radius 3 is 2.67 bits per heavy atom. The number of carbonyl (C=O) groups excluding carboxylic acids is 1. The lowest BCUT2D eigenvalue weighted by Crippen LogP contribution is -2.34. The van der Waals surface area contributed by atoms with Gasteiger partial charge >= 0.3 is 0 Å². The number of pyridine rings is 1. The Morgan fingerprint density at radius 1 is 1.12 bits per heavy atom. The normalized spacial score (nSPS) is 10.6. The minimum atomic E-state index is -0.109. The molecule has 0 aliphatic rings. The number of aromatic nitrogens is 1. The lowest BCUT2D eigenvalue weighted by atomic mass is 10.2. The first kappa shape index (κ1) is 16.3. The highest BCUT2D eigenvalue weighted by Crippen LogP contribution is 2.29. The summed E-state index contributed by atoms with van der Waals surface area (Å²) in [6.45, 7) is 2.45. The molecule has 3 rings (SSSR count). The van der Waals surface area contributed by atoms with Crippen molar-refractivity contribution >= 4 is 34.1 Å². The first-order valence-electron chi connectivity index (χ1n) is 7.72. The highest BCUT2D eigenvalue weighted by molar-refractivity contribution is 6.35. The van der Waals surface area contributed by atoms with Crippen LogP contribution in [0.1, 0.15) is 6.92 Å². The smallest absolute Gasteiger partial charge is 0.264 e. The van der Waals surface area contributed by atoms with Gasteiger partial charge in [-0.05, 0) is 43.3 Å². The van der Waals surface area contributed by atoms with Crippen molar-refractivity contribution in [2.24, 2.45) is 0 Å². The Labute approximate surface area is 145 Å². The zero-order valence-electron chi connectivity index (χ0n) is 13.3. The van der Waals surface area contributed by atoms with E-state index in [2.05, 4.69) is 4.98 Å². The molecule has 5 heteroatoms. The van der Waals surface area contributed by atoms with Crippen molar-refractivity contribution in [2.75, 3.05) is 18.1 Å². The Morgan fingerprint density at radius 2 is 1.92 bits per heavy atom. The average Bonchev–Trinajstić information content (AvgIpc) is 2.63. The first-order chi connectivity index (χ1) is 11.7. The fourth-order valence-electron chi connectivity index (χ4n) is 2.56. The van der Waals surface area contributed by atoms with Crippen LogP contribution >= 0.6 is 11.6 Å². The molecular weight excluding hydrogens is 324 g/mol. The van der Waals surface area contributed by atoms with Crippen LogP contribution < -0.4 is 9.64 Å². The maximum atomic E-state index is 12.5. The molecule has 0 spiro atoms. The number of nitrogens with zero attached hydrogens (tertiary/aromatic N) is 2. The zero-order chi connectivity index (χ0) is 16.9. The van der Waals surface area contributed by atoms with Crippen molar-refractivity contribution in [3.05, 3.63) is 65.8 Å². The summed E-state index contributed by atoms with van der Waals surface area (Å²) in [4.78, 5) is 18.5. The second kappa shape index (κ2) is 7.32. The van der Waals surface area contributed by atoms with E-state index in [9.17, 15) is 4.79 Å². The molecule has 1 amide bonds. The molecule has 0 N–H and O–H groups in total. The third-order valence-electron chi connectivity index (χ3n) is 3.72. The lowest BCUT2D eigenvalue weighted by Gasteiger charge is -2.21. The third-order valence-corrected chi connectivity index (χ3v) is 4.05. The molecule has 0 bridgehead atoms. The Balaban J connectivity index is 1.78. The summed E-state index contributed by atoms with van der Waals surface area (Å²) >= 11 is 6.17. The van der Waals surface area contributed by atoms with Gasteiger partial charge in [0.15, 0.2) is 6.61 Å². The summed E-state index contributed by atoms with van der Waals surface area (Å²) in [5.41, 5.74) is 1.51. The summed E-state index contributed by atoms with van der Waals surface area (Å²) in [5, 5.41) is 1.41. The van der Waals surface area contributed by atoms with E-state index in [1.165, 1.54) is 0 Å². The summed E-state index contributed by atoms with van der Waals surface area (Å²) in [6, 6.07) is 16.7. The van der Waals surface area contributed by atoms with Gasteiger partial charge in [0, 0.05) is 23.8 Å². The van der Waals surface area contributed by atoms with E-state index in [1.807, 2.05) is 49.4 Å². The fraction of sp³-hybridized carbons (Fsp3) is 0.158. The molecule has 4 nitrogen and oxygen atoms in total. The molecule has 0 saturated carbocycles. The Kier molecular flexibility index (Phi) is 4.96. The van der Waals surface area contributed by atoms with Gasteiger partial charge in [-0.1, -0.05) is 29.8 Å². The van der Waals surface area contributed by atoms with Crippen LogP contribution in [0.5, 0.6) is 5.75 Å². The van der Waals surface area contributed by atoms with Crippen molar-refractivity contribution in [3.8, 4) is 5.75 Å². The average molecular weight is 341 g/mol. The van der Waals surface area contributed by atoms with Crippen LogP contribution in [0.3, 0.4) is 0 Å². The van der Waals surface area contributed by atoms with E-state index < -0.39 is 0 Å². The number of fused-ring (bicyclic) bond motifs is 1. The number of amides is 1. The molecule has 1 heterocycles. The van der Waals surface area contributed by atoms with Gasteiger partial charge in [0.1, 0.15) is 11.3 Å². The molecule has 0 aliphatic heterocycles. The predicted octanol–water partition coefficient (Wildman–Crippen LogP) is 4.32. The molecule has 0 fully saturated rings. The standard InChI is InChI=1S/C19H17ClN2O2/c1-2-22(14-7-4-3-5-8-14)18(23)13-24-17-11-10-16(20)15-9-6-12-21-19(15)17/h3-12H,2,13H2,1H3. The molecular formula is C19H17ClN2O2. The predicted molar refractivity (Wildman–Crippen MR) is 96.7 cm³/mol. The van der Waals surface area contributed by atoms with Crippen LogP contribution in [0.25, 0.3) is 10.9 Å². The van der Waals surface area contributed by atoms with Crippen LogP contribution in [-0.2, 0) is 4.79 Å². The van der Waals surface area contributed by atoms with E-state index in [0.29, 0.717) is 22.8 Å². The molecule has 3 aromatic rings. The van der Waals surface area contributed by atoms with E-state index >= 15 is 0 Å². The first-order valence-corrected chi connectivity index (χ1v) is 8.10. The van der Waals surface area contributed by atoms with E-state index in [1.54, 1.807) is 23.2 Å². The molecule has 0 atom stereocenters. The van der Waals surface area contributed by atoms with Crippen LogP contribution in [0, 0.1) is 0 Å². The van der Waals surface area contributed by atoms with Gasteiger partial charge in [0.2, 0.25) is 0 Å². The van der Waals surface area contributed by atoms with Crippen molar-refractivity contribution < 1.29 is 9.53 Å². The number of benzene rings is 2. The molecule has 0 saturated heterocycles. The van der Waals surface area contributed by atoms with Gasteiger partial charge in [0.05, 0.1) is 5.02 Å². The molecule has 2 aromatic carbocycles. The topological polar surface area (TPSA) is 42.4 Å². The van der Waals surface area contributed by atoms with Gasteiger partial charge in [-0.2, -0.15) is 0 Å². The minimum absolute atomic E-state index is 0.0595. The number of carbonyl (C=O) groups is 1.